The first-order valence-electron chi connectivity index (χ1n) is 10.5. The number of nitro groups is 1. The molecule has 1 aliphatic rings. The van der Waals surface area contributed by atoms with Crippen LogP contribution in [0.5, 0.6) is 5.75 Å². The molecule has 1 N–H and O–H groups in total. The van der Waals surface area contributed by atoms with E-state index in [9.17, 15) is 10.1 Å². The van der Waals surface area contributed by atoms with E-state index in [1.54, 1.807) is 24.7 Å². The Labute approximate surface area is 204 Å². The van der Waals surface area contributed by atoms with Gasteiger partial charge in [-0.1, -0.05) is 23.7 Å². The van der Waals surface area contributed by atoms with Crippen molar-refractivity contribution in [1.82, 2.24) is 9.55 Å². The van der Waals surface area contributed by atoms with Crippen molar-refractivity contribution < 1.29 is 29.4 Å². The van der Waals surface area contributed by atoms with Crippen LogP contribution in [0.2, 0.25) is 5.02 Å². The molecule has 2 aromatic carbocycles. The zero-order valence-electron chi connectivity index (χ0n) is 18.4. The molecule has 0 aliphatic carbocycles. The molecule has 35 heavy (non-hydrogen) atoms. The fourth-order valence-electron chi connectivity index (χ4n) is 3.49. The van der Waals surface area contributed by atoms with Gasteiger partial charge in [-0.3, -0.25) is 10.1 Å². The number of hydrogen-bond donors (Lipinski definition) is 1. The monoisotopic (exact) mass is 506 g/mol. The summed E-state index contributed by atoms with van der Waals surface area (Å²) in [6, 6.07) is 13.7. The quantitative estimate of drug-likeness (QED) is 0.336. The third-order valence-corrected chi connectivity index (χ3v) is 5.34. The molecule has 0 spiro atoms. The van der Waals surface area contributed by atoms with Crippen LogP contribution in [0.15, 0.2) is 67.3 Å². The van der Waals surface area contributed by atoms with Gasteiger partial charge in [-0.25, -0.2) is 4.98 Å². The molecule has 186 valence electrons. The van der Waals surface area contributed by atoms with Crippen molar-refractivity contribution in [2.45, 2.75) is 31.3 Å². The van der Waals surface area contributed by atoms with Crippen molar-refractivity contribution in [3.63, 3.8) is 0 Å². The average molecular weight is 507 g/mol. The average Bonchev–Trinajstić information content (AvgIpc) is 3.48. The fraction of sp³-hybridized carbons (Fsp3) is 0.318. The number of non-ortho nitro benzene ring substituents is 1. The molecule has 1 saturated heterocycles. The zero-order chi connectivity index (χ0) is 25.3. The van der Waals surface area contributed by atoms with E-state index in [-0.39, 0.29) is 18.4 Å². The topological polar surface area (TPSA) is 152 Å². The molecule has 0 amide bonds. The van der Waals surface area contributed by atoms with Gasteiger partial charge in [0.2, 0.25) is 0 Å². The molecular weight excluding hydrogens is 484 g/mol. The van der Waals surface area contributed by atoms with Crippen LogP contribution >= 0.6 is 11.6 Å². The van der Waals surface area contributed by atoms with E-state index >= 15 is 0 Å². The van der Waals surface area contributed by atoms with Gasteiger partial charge in [0.05, 0.1) is 24.4 Å². The lowest BCUT2D eigenvalue weighted by molar-refractivity contribution is -0.742. The molecule has 0 bridgehead atoms. The molecule has 2 atom stereocenters. The van der Waals surface area contributed by atoms with Gasteiger partial charge >= 0.3 is 0 Å². The summed E-state index contributed by atoms with van der Waals surface area (Å²) < 4.78 is 20.2. The highest BCUT2D eigenvalue weighted by Crippen LogP contribution is 2.31. The summed E-state index contributed by atoms with van der Waals surface area (Å²) in [5.74, 6) is -0.258. The van der Waals surface area contributed by atoms with E-state index in [4.69, 9.17) is 41.1 Å². The van der Waals surface area contributed by atoms with Crippen molar-refractivity contribution in [2.75, 3.05) is 13.2 Å². The second kappa shape index (κ2) is 12.1. The summed E-state index contributed by atoms with van der Waals surface area (Å²) in [5.41, 5.74) is 1.17. The van der Waals surface area contributed by atoms with Crippen LogP contribution in [-0.2, 0) is 22.4 Å². The second-order valence-corrected chi connectivity index (χ2v) is 8.06. The van der Waals surface area contributed by atoms with Crippen molar-refractivity contribution in [1.29, 1.82) is 0 Å². The maximum absolute atomic E-state index is 10.8. The lowest BCUT2D eigenvalue weighted by atomic mass is 10.0. The lowest BCUT2D eigenvalue weighted by Gasteiger charge is -2.28. The molecule has 2 heterocycles. The van der Waals surface area contributed by atoms with Gasteiger partial charge in [0.25, 0.3) is 10.8 Å². The molecule has 3 aromatic rings. The molecule has 13 heteroatoms. The third kappa shape index (κ3) is 8.21. The molecule has 4 rings (SSSR count). The maximum Gasteiger partial charge on any atom is 0.291 e. The molecule has 0 saturated carbocycles. The van der Waals surface area contributed by atoms with Crippen molar-refractivity contribution in [3.8, 4) is 5.75 Å². The Morgan fingerprint density at radius 1 is 1.17 bits per heavy atom. The highest BCUT2D eigenvalue weighted by molar-refractivity contribution is 6.30. The van der Waals surface area contributed by atoms with Gasteiger partial charge < -0.3 is 24.0 Å². The first kappa shape index (κ1) is 25.9. The number of imidazole rings is 1. The number of nitrogens with zero attached hydrogens (tertiary/aromatic N) is 4. The largest absolute Gasteiger partial charge is 0.491 e. The Balaban J connectivity index is 0.000000795. The number of hydrogen-bond acceptors (Lipinski definition) is 8. The van der Waals surface area contributed by atoms with E-state index < -0.39 is 15.8 Å². The maximum atomic E-state index is 10.8. The Bertz CT molecular complexity index is 1090. The van der Waals surface area contributed by atoms with Crippen LogP contribution in [0.4, 0.5) is 5.69 Å². The zero-order valence-corrected chi connectivity index (χ0v) is 19.2. The fourth-order valence-corrected chi connectivity index (χ4v) is 3.62. The summed E-state index contributed by atoms with van der Waals surface area (Å²) >= 11 is 5.98. The molecule has 1 aliphatic heterocycles. The van der Waals surface area contributed by atoms with Gasteiger partial charge in [0.1, 0.15) is 18.5 Å². The number of ether oxygens (including phenoxy) is 3. The van der Waals surface area contributed by atoms with Gasteiger partial charge in [-0.05, 0) is 36.2 Å². The molecule has 0 radical (unpaired) electrons. The normalized spacial score (nSPS) is 18.9. The van der Waals surface area contributed by atoms with Crippen LogP contribution in [0.25, 0.3) is 0 Å². The van der Waals surface area contributed by atoms with Crippen molar-refractivity contribution in [2.24, 2.45) is 0 Å². The highest BCUT2D eigenvalue weighted by Gasteiger charge is 2.42. The number of aryl methyl sites for hydroxylation is 1. The van der Waals surface area contributed by atoms with Gasteiger partial charge in [-0.2, -0.15) is 0 Å². The Kier molecular flexibility index (Phi) is 8.95. The standard InChI is InChI=1S/C22H22ClN3O5.HNO3/c23-18-3-1-17(2-4-18)9-10-22(15-25-12-11-24-16-25)30-14-21(31-22)13-29-20-7-5-19(6-8-20)26(27)28;2-1(3)4/h1-8,11-12,16,21H,9-10,13-15H2;(H,2,3,4)/t21-,22+;/m1./s1. The van der Waals surface area contributed by atoms with Crippen LogP contribution in [0.3, 0.4) is 0 Å². The van der Waals surface area contributed by atoms with E-state index in [0.29, 0.717) is 30.3 Å². The van der Waals surface area contributed by atoms with E-state index in [2.05, 4.69) is 4.98 Å². The summed E-state index contributed by atoms with van der Waals surface area (Å²) in [5, 5.41) is 25.1. The lowest BCUT2D eigenvalue weighted by Crippen LogP contribution is -2.37. The van der Waals surface area contributed by atoms with Crippen LogP contribution in [-0.4, -0.2) is 49.9 Å². The Morgan fingerprint density at radius 3 is 2.46 bits per heavy atom. The number of aromatic nitrogens is 2. The number of halogens is 1. The van der Waals surface area contributed by atoms with E-state index in [1.807, 2.05) is 35.0 Å². The first-order valence-corrected chi connectivity index (χ1v) is 10.8. The molecule has 0 unspecified atom stereocenters. The summed E-state index contributed by atoms with van der Waals surface area (Å²) in [6.07, 6.45) is 6.48. The van der Waals surface area contributed by atoms with Crippen LogP contribution in [0, 0.1) is 20.2 Å². The summed E-state index contributed by atoms with van der Waals surface area (Å²) in [6.45, 7) is 1.18. The second-order valence-electron chi connectivity index (χ2n) is 7.62. The van der Waals surface area contributed by atoms with Crippen molar-refractivity contribution >= 4 is 17.3 Å². The molecule has 1 fully saturated rings. The van der Waals surface area contributed by atoms with Crippen LogP contribution < -0.4 is 4.74 Å². The van der Waals surface area contributed by atoms with Crippen molar-refractivity contribution in [3.05, 3.63) is 98.1 Å². The molecule has 12 nitrogen and oxygen atoms in total. The summed E-state index contributed by atoms with van der Waals surface area (Å²) in [4.78, 5) is 22.8. The minimum absolute atomic E-state index is 0.0225. The predicted octanol–water partition coefficient (Wildman–Crippen LogP) is 3.92. The number of rotatable bonds is 9. The third-order valence-electron chi connectivity index (χ3n) is 5.09. The van der Waals surface area contributed by atoms with E-state index in [1.165, 1.54) is 12.1 Å². The smallest absolute Gasteiger partial charge is 0.291 e. The number of benzene rings is 2. The SMILES string of the molecule is O=[N+]([O-])O.O=[N+]([O-])c1ccc(OC[C@@H]2CO[C@](CCc3ccc(Cl)cc3)(Cn3ccnc3)O2)cc1. The molecule has 1 aromatic heterocycles. The Hall–Kier alpha value is -3.74. The van der Waals surface area contributed by atoms with Gasteiger partial charge in [0.15, 0.2) is 5.79 Å². The van der Waals surface area contributed by atoms with Gasteiger partial charge in [-0.15, -0.1) is 10.1 Å². The van der Waals surface area contributed by atoms with Crippen LogP contribution in [0.1, 0.15) is 12.0 Å². The predicted molar refractivity (Wildman–Crippen MR) is 123 cm³/mol. The minimum Gasteiger partial charge on any atom is -0.491 e. The Morgan fingerprint density at radius 2 is 1.86 bits per heavy atom. The highest BCUT2D eigenvalue weighted by atomic mass is 35.5. The minimum atomic E-state index is -1.50. The van der Waals surface area contributed by atoms with E-state index in [0.717, 1.165) is 12.0 Å². The van der Waals surface area contributed by atoms with Gasteiger partial charge in [0, 0.05) is 36.0 Å². The molecular formula is C22H23ClN4O8. The number of nitro benzene ring substituents is 1. The summed E-state index contributed by atoms with van der Waals surface area (Å²) in [7, 11) is 0. The first-order chi connectivity index (χ1) is 16.7.